The molecule has 0 radical (unpaired) electrons. The van der Waals surface area contributed by atoms with Crippen LogP contribution in [0.4, 0.5) is 0 Å². The fourth-order valence-electron chi connectivity index (χ4n) is 4.07. The minimum atomic E-state index is 0.0940. The van der Waals surface area contributed by atoms with E-state index in [2.05, 4.69) is 6.92 Å². The SMILES string of the molecule is C[C@H]1OC(=O)C2C[C@@H]3CCCCC3CC21. The molecule has 1 saturated heterocycles. The molecule has 0 aromatic heterocycles. The minimum Gasteiger partial charge on any atom is -0.462 e. The van der Waals surface area contributed by atoms with Gasteiger partial charge in [0.1, 0.15) is 6.10 Å². The van der Waals surface area contributed by atoms with Gasteiger partial charge in [0.15, 0.2) is 0 Å². The zero-order valence-electron chi connectivity index (χ0n) is 9.45. The molecule has 2 heteroatoms. The zero-order chi connectivity index (χ0) is 10.4. The Bertz CT molecular complexity index is 274. The Hall–Kier alpha value is -0.530. The second kappa shape index (κ2) is 3.50. The maximum atomic E-state index is 11.7. The number of esters is 1. The number of cyclic esters (lactones) is 1. The lowest BCUT2D eigenvalue weighted by Crippen LogP contribution is -2.35. The van der Waals surface area contributed by atoms with Crippen molar-refractivity contribution in [2.24, 2.45) is 23.7 Å². The summed E-state index contributed by atoms with van der Waals surface area (Å²) in [5.41, 5.74) is 0. The molecule has 0 aromatic carbocycles. The highest BCUT2D eigenvalue weighted by molar-refractivity contribution is 5.75. The van der Waals surface area contributed by atoms with Crippen molar-refractivity contribution in [3.63, 3.8) is 0 Å². The fraction of sp³-hybridized carbons (Fsp3) is 0.923. The van der Waals surface area contributed by atoms with Crippen molar-refractivity contribution in [1.29, 1.82) is 0 Å². The molecule has 2 saturated carbocycles. The third-order valence-corrected chi connectivity index (χ3v) is 4.92. The van der Waals surface area contributed by atoms with E-state index in [1.807, 2.05) is 0 Å². The van der Waals surface area contributed by atoms with Crippen molar-refractivity contribution in [3.8, 4) is 0 Å². The Morgan fingerprint density at radius 3 is 2.53 bits per heavy atom. The van der Waals surface area contributed by atoms with Crippen LogP contribution in [-0.2, 0) is 9.53 Å². The van der Waals surface area contributed by atoms with Gasteiger partial charge in [-0.25, -0.2) is 0 Å². The summed E-state index contributed by atoms with van der Waals surface area (Å²) in [7, 11) is 0. The molecule has 2 nitrogen and oxygen atoms in total. The molecule has 1 heterocycles. The van der Waals surface area contributed by atoms with E-state index in [1.165, 1.54) is 32.1 Å². The quantitative estimate of drug-likeness (QED) is 0.572. The molecule has 15 heavy (non-hydrogen) atoms. The van der Waals surface area contributed by atoms with Crippen molar-refractivity contribution in [2.75, 3.05) is 0 Å². The highest BCUT2D eigenvalue weighted by atomic mass is 16.6. The van der Waals surface area contributed by atoms with Crippen molar-refractivity contribution in [3.05, 3.63) is 0 Å². The monoisotopic (exact) mass is 208 g/mol. The molecular formula is C13H20O2. The molecule has 5 atom stereocenters. The third kappa shape index (κ3) is 1.49. The first-order valence-corrected chi connectivity index (χ1v) is 6.46. The topological polar surface area (TPSA) is 26.3 Å². The van der Waals surface area contributed by atoms with Gasteiger partial charge in [-0.1, -0.05) is 25.7 Å². The zero-order valence-corrected chi connectivity index (χ0v) is 9.45. The van der Waals surface area contributed by atoms with Crippen LogP contribution in [0.5, 0.6) is 0 Å². The predicted molar refractivity (Wildman–Crippen MR) is 57.2 cm³/mol. The number of hydrogen-bond acceptors (Lipinski definition) is 2. The van der Waals surface area contributed by atoms with Crippen LogP contribution < -0.4 is 0 Å². The molecular weight excluding hydrogens is 188 g/mol. The molecule has 3 aliphatic rings. The summed E-state index contributed by atoms with van der Waals surface area (Å²) in [6.07, 6.45) is 8.10. The molecule has 0 bridgehead atoms. The van der Waals surface area contributed by atoms with E-state index in [4.69, 9.17) is 4.74 Å². The lowest BCUT2D eigenvalue weighted by Gasteiger charge is -2.40. The highest BCUT2D eigenvalue weighted by Gasteiger charge is 2.48. The van der Waals surface area contributed by atoms with Crippen LogP contribution in [0.15, 0.2) is 0 Å². The number of carbonyl (C=O) groups excluding carboxylic acids is 1. The van der Waals surface area contributed by atoms with E-state index in [9.17, 15) is 4.79 Å². The van der Waals surface area contributed by atoms with Gasteiger partial charge < -0.3 is 4.74 Å². The maximum absolute atomic E-state index is 11.7. The number of ether oxygens (including phenoxy) is 1. The van der Waals surface area contributed by atoms with Gasteiger partial charge in [0.05, 0.1) is 5.92 Å². The second-order valence-corrected chi connectivity index (χ2v) is 5.69. The van der Waals surface area contributed by atoms with Gasteiger partial charge in [0, 0.05) is 5.92 Å². The first-order valence-electron chi connectivity index (χ1n) is 6.46. The smallest absolute Gasteiger partial charge is 0.309 e. The predicted octanol–water partition coefficient (Wildman–Crippen LogP) is 2.76. The van der Waals surface area contributed by atoms with Crippen molar-refractivity contribution in [1.82, 2.24) is 0 Å². The molecule has 0 amide bonds. The van der Waals surface area contributed by atoms with Gasteiger partial charge >= 0.3 is 5.97 Å². The molecule has 3 rings (SSSR count). The van der Waals surface area contributed by atoms with Gasteiger partial charge in [0.25, 0.3) is 0 Å². The van der Waals surface area contributed by atoms with Gasteiger partial charge in [-0.05, 0) is 31.6 Å². The van der Waals surface area contributed by atoms with Crippen LogP contribution in [0.25, 0.3) is 0 Å². The molecule has 3 unspecified atom stereocenters. The summed E-state index contributed by atoms with van der Waals surface area (Å²) < 4.78 is 5.38. The average Bonchev–Trinajstić information content (AvgIpc) is 2.52. The van der Waals surface area contributed by atoms with E-state index < -0.39 is 0 Å². The van der Waals surface area contributed by atoms with Crippen molar-refractivity contribution in [2.45, 2.75) is 51.6 Å². The van der Waals surface area contributed by atoms with Gasteiger partial charge in [-0.15, -0.1) is 0 Å². The van der Waals surface area contributed by atoms with Gasteiger partial charge in [-0.3, -0.25) is 4.79 Å². The van der Waals surface area contributed by atoms with Gasteiger partial charge in [0.2, 0.25) is 0 Å². The molecule has 0 aromatic rings. The fourth-order valence-corrected chi connectivity index (χ4v) is 4.07. The highest BCUT2D eigenvalue weighted by Crippen LogP contribution is 2.49. The lowest BCUT2D eigenvalue weighted by atomic mass is 9.63. The van der Waals surface area contributed by atoms with Crippen LogP contribution in [-0.4, -0.2) is 12.1 Å². The Balaban J connectivity index is 1.78. The van der Waals surface area contributed by atoms with Crippen LogP contribution in [0, 0.1) is 23.7 Å². The summed E-state index contributed by atoms with van der Waals surface area (Å²) in [6.45, 7) is 2.08. The number of carbonyl (C=O) groups is 1. The van der Waals surface area contributed by atoms with E-state index in [-0.39, 0.29) is 18.0 Å². The summed E-state index contributed by atoms with van der Waals surface area (Å²) >= 11 is 0. The van der Waals surface area contributed by atoms with Crippen LogP contribution in [0.3, 0.4) is 0 Å². The van der Waals surface area contributed by atoms with Gasteiger partial charge in [-0.2, -0.15) is 0 Å². The Morgan fingerprint density at radius 2 is 1.80 bits per heavy atom. The van der Waals surface area contributed by atoms with E-state index in [0.29, 0.717) is 5.92 Å². The Kier molecular flexibility index (Phi) is 2.26. The largest absolute Gasteiger partial charge is 0.462 e. The molecule has 3 fully saturated rings. The maximum Gasteiger partial charge on any atom is 0.309 e. The molecule has 2 aliphatic carbocycles. The van der Waals surface area contributed by atoms with E-state index >= 15 is 0 Å². The number of fused-ring (bicyclic) bond motifs is 2. The number of rotatable bonds is 0. The van der Waals surface area contributed by atoms with Crippen LogP contribution in [0.2, 0.25) is 0 Å². The molecule has 1 aliphatic heterocycles. The Morgan fingerprint density at radius 1 is 1.13 bits per heavy atom. The molecule has 0 spiro atoms. The minimum absolute atomic E-state index is 0.0940. The summed E-state index contributed by atoms with van der Waals surface area (Å²) in [5, 5.41) is 0. The summed E-state index contributed by atoms with van der Waals surface area (Å²) in [4.78, 5) is 11.7. The molecule has 0 N–H and O–H groups in total. The van der Waals surface area contributed by atoms with Crippen LogP contribution >= 0.6 is 0 Å². The average molecular weight is 208 g/mol. The summed E-state index contributed by atoms with van der Waals surface area (Å²) in [6, 6.07) is 0. The lowest BCUT2D eigenvalue weighted by molar-refractivity contribution is -0.144. The van der Waals surface area contributed by atoms with Crippen molar-refractivity contribution < 1.29 is 9.53 Å². The first kappa shape index (κ1) is 9.68. The van der Waals surface area contributed by atoms with E-state index in [0.717, 1.165) is 18.3 Å². The third-order valence-electron chi connectivity index (χ3n) is 4.92. The van der Waals surface area contributed by atoms with Crippen molar-refractivity contribution >= 4 is 5.97 Å². The first-order chi connectivity index (χ1) is 7.25. The number of hydrogen-bond donors (Lipinski definition) is 0. The standard InChI is InChI=1S/C13H20O2/c1-8-11-6-9-4-2-3-5-10(9)7-12(11)13(14)15-8/h8-12H,2-7H2,1H3/t8-,9?,10+,11?,12?/m1/s1. The summed E-state index contributed by atoms with van der Waals surface area (Å²) in [5.74, 6) is 2.61. The second-order valence-electron chi connectivity index (χ2n) is 5.69. The normalized spacial score (nSPS) is 49.4. The Labute approximate surface area is 91.4 Å². The van der Waals surface area contributed by atoms with Crippen LogP contribution in [0.1, 0.15) is 45.4 Å². The molecule has 84 valence electrons. The van der Waals surface area contributed by atoms with E-state index in [1.54, 1.807) is 0 Å².